The van der Waals surface area contributed by atoms with Gasteiger partial charge in [-0.3, -0.25) is 4.79 Å². The lowest BCUT2D eigenvalue weighted by atomic mass is 10.0. The van der Waals surface area contributed by atoms with Gasteiger partial charge in [0.15, 0.2) is 6.10 Å². The zero-order chi connectivity index (χ0) is 15.0. The molecule has 1 aliphatic rings. The summed E-state index contributed by atoms with van der Waals surface area (Å²) in [6.45, 7) is 1.95. The first-order valence-corrected chi connectivity index (χ1v) is 7.71. The van der Waals surface area contributed by atoms with Crippen molar-refractivity contribution < 1.29 is 25.1 Å². The predicted octanol–water partition coefficient (Wildman–Crippen LogP) is 1.41. The summed E-state index contributed by atoms with van der Waals surface area (Å²) in [5.41, 5.74) is -0.316. The van der Waals surface area contributed by atoms with Crippen LogP contribution in [-0.2, 0) is 9.53 Å². The molecule has 0 radical (unpaired) electrons. The number of ether oxygens (including phenoxy) is 1. The molecule has 1 rings (SSSR count). The maximum Gasteiger partial charge on any atom is 0.303 e. The molecular formula is C15H29NO4. The van der Waals surface area contributed by atoms with Crippen LogP contribution in [0.5, 0.6) is 0 Å². The summed E-state index contributed by atoms with van der Waals surface area (Å²) < 4.78 is 5.44. The smallest absolute Gasteiger partial charge is 0.303 e. The molecule has 5 nitrogen and oxygen atoms in total. The number of hydrogen-bond acceptors (Lipinski definition) is 3. The van der Waals surface area contributed by atoms with Gasteiger partial charge in [0.1, 0.15) is 0 Å². The average molecular weight is 287 g/mol. The zero-order valence-corrected chi connectivity index (χ0v) is 12.5. The topological polar surface area (TPSA) is 86.7 Å². The molecule has 118 valence electrons. The van der Waals surface area contributed by atoms with Crippen molar-refractivity contribution in [2.24, 2.45) is 0 Å². The van der Waals surface area contributed by atoms with Crippen molar-refractivity contribution in [3.05, 3.63) is 7.05 Å². The van der Waals surface area contributed by atoms with Gasteiger partial charge in [-0.25, -0.2) is 0 Å². The van der Waals surface area contributed by atoms with Crippen LogP contribution in [0.1, 0.15) is 64.7 Å². The van der Waals surface area contributed by atoms with Gasteiger partial charge in [-0.15, -0.1) is 7.05 Å². The Kier molecular flexibility index (Phi) is 7.48. The van der Waals surface area contributed by atoms with Crippen LogP contribution in [0.2, 0.25) is 0 Å². The van der Waals surface area contributed by atoms with E-state index >= 15 is 0 Å². The number of carboxylic acid groups (broad SMARTS) is 1. The molecule has 3 unspecified atom stereocenters. The van der Waals surface area contributed by atoms with E-state index in [1.807, 2.05) is 6.92 Å². The summed E-state index contributed by atoms with van der Waals surface area (Å²) in [7, 11) is 3.71. The minimum Gasteiger partial charge on any atom is -0.481 e. The number of nitrogens with two attached hydrogens (primary N) is 1. The third-order valence-electron chi connectivity index (χ3n) is 4.03. The van der Waals surface area contributed by atoms with Crippen molar-refractivity contribution in [2.75, 3.05) is 0 Å². The summed E-state index contributed by atoms with van der Waals surface area (Å²) in [5.74, 6) is -0.701. The Morgan fingerprint density at radius 1 is 1.25 bits per heavy atom. The Morgan fingerprint density at radius 3 is 2.30 bits per heavy atom. The highest BCUT2D eigenvalue weighted by atomic mass is 16.6. The molecule has 0 amide bonds. The summed E-state index contributed by atoms with van der Waals surface area (Å²) in [6, 6.07) is 0. The van der Waals surface area contributed by atoms with Gasteiger partial charge < -0.3 is 20.3 Å². The summed E-state index contributed by atoms with van der Waals surface area (Å²) >= 11 is 0. The minimum absolute atomic E-state index is 0.0731. The molecule has 5 heteroatoms. The van der Waals surface area contributed by atoms with Crippen molar-refractivity contribution >= 4 is 5.97 Å². The highest BCUT2D eigenvalue weighted by Gasteiger charge is 2.57. The highest BCUT2D eigenvalue weighted by molar-refractivity contribution is 5.66. The third kappa shape index (κ3) is 6.20. The van der Waals surface area contributed by atoms with Gasteiger partial charge in [0, 0.05) is 13.3 Å². The number of hydrogen-bond donors (Lipinski definition) is 3. The minimum atomic E-state index is -0.701. The van der Waals surface area contributed by atoms with Crippen molar-refractivity contribution in [3.8, 4) is 0 Å². The van der Waals surface area contributed by atoms with E-state index in [2.05, 4.69) is 7.05 Å². The molecule has 1 saturated heterocycles. The van der Waals surface area contributed by atoms with Gasteiger partial charge in [-0.2, -0.15) is 0 Å². The molecule has 0 aromatic carbocycles. The second kappa shape index (κ2) is 8.60. The molecule has 3 atom stereocenters. The molecule has 0 bridgehead atoms. The van der Waals surface area contributed by atoms with Crippen LogP contribution in [0.3, 0.4) is 0 Å². The normalized spacial score (nSPS) is 26.4. The molecule has 0 aliphatic carbocycles. The van der Waals surface area contributed by atoms with Gasteiger partial charge in [0.05, 0.1) is 6.10 Å². The second-order valence-corrected chi connectivity index (χ2v) is 5.90. The van der Waals surface area contributed by atoms with Gasteiger partial charge >= 0.3 is 5.97 Å². The summed E-state index contributed by atoms with van der Waals surface area (Å²) in [4.78, 5) is 10.3. The average Bonchev–Trinajstić information content (AvgIpc) is 3.09. The number of aliphatic carboxylic acids is 1. The van der Waals surface area contributed by atoms with Crippen molar-refractivity contribution in [1.82, 2.24) is 0 Å². The van der Waals surface area contributed by atoms with E-state index in [9.17, 15) is 9.90 Å². The van der Waals surface area contributed by atoms with E-state index in [1.165, 1.54) is 0 Å². The van der Waals surface area contributed by atoms with Crippen molar-refractivity contribution in [2.45, 2.75) is 82.6 Å². The number of aliphatic hydroxyl groups is 1. The van der Waals surface area contributed by atoms with E-state index in [0.717, 1.165) is 51.4 Å². The largest absolute Gasteiger partial charge is 0.481 e. The molecule has 1 fully saturated rings. The second-order valence-electron chi connectivity index (χ2n) is 5.90. The molecular weight excluding hydrogens is 258 g/mol. The number of quaternary nitrogens is 1. The van der Waals surface area contributed by atoms with Crippen LogP contribution < -0.4 is 5.32 Å². The first kappa shape index (κ1) is 17.4. The first-order valence-electron chi connectivity index (χ1n) is 7.71. The molecule has 4 N–H and O–H groups in total. The van der Waals surface area contributed by atoms with Crippen LogP contribution in [0.25, 0.3) is 0 Å². The van der Waals surface area contributed by atoms with Gasteiger partial charge in [0.2, 0.25) is 5.72 Å². The van der Waals surface area contributed by atoms with Crippen LogP contribution in [0.4, 0.5) is 0 Å². The number of carbonyl (C=O) groups is 1. The molecule has 0 saturated carbocycles. The monoisotopic (exact) mass is 287 g/mol. The lowest BCUT2D eigenvalue weighted by Gasteiger charge is -2.10. The van der Waals surface area contributed by atoms with Crippen molar-refractivity contribution in [1.29, 1.82) is 0 Å². The number of rotatable bonds is 12. The Bertz CT molecular complexity index is 298. The SMILES string of the molecule is [CH2-][NH2+]C1(C)OC1C(O)CCCCCCCCCC(=O)O. The lowest BCUT2D eigenvalue weighted by molar-refractivity contribution is -0.666. The third-order valence-corrected chi connectivity index (χ3v) is 4.03. The van der Waals surface area contributed by atoms with E-state index in [1.54, 1.807) is 5.32 Å². The Morgan fingerprint density at radius 2 is 1.80 bits per heavy atom. The predicted molar refractivity (Wildman–Crippen MR) is 75.8 cm³/mol. The fourth-order valence-corrected chi connectivity index (χ4v) is 2.53. The Balaban J connectivity index is 1.87. The number of aliphatic hydroxyl groups excluding tert-OH is 1. The quantitative estimate of drug-likeness (QED) is 0.288. The van der Waals surface area contributed by atoms with Crippen LogP contribution in [-0.4, -0.2) is 34.1 Å². The maximum atomic E-state index is 10.3. The molecule has 0 aromatic heterocycles. The van der Waals surface area contributed by atoms with Crippen molar-refractivity contribution in [3.63, 3.8) is 0 Å². The standard InChI is InChI=1S/C15H29NO4/c1-15(16-2)14(20-15)12(17)10-8-6-4-3-5-7-9-11-13(18)19/h12,14,17H,2-11,16H2,1H3,(H,18,19). The number of unbranched alkanes of at least 4 members (excludes halogenated alkanes) is 6. The van der Waals surface area contributed by atoms with Crippen LogP contribution in [0, 0.1) is 7.05 Å². The first-order chi connectivity index (χ1) is 9.49. The summed E-state index contributed by atoms with van der Waals surface area (Å²) in [5, 5.41) is 20.2. The lowest BCUT2D eigenvalue weighted by Crippen LogP contribution is -2.86. The molecule has 1 aliphatic heterocycles. The van der Waals surface area contributed by atoms with Gasteiger partial charge in [-0.05, 0) is 12.8 Å². The molecule has 0 spiro atoms. The highest BCUT2D eigenvalue weighted by Crippen LogP contribution is 2.33. The van der Waals surface area contributed by atoms with E-state index in [4.69, 9.17) is 9.84 Å². The molecule has 20 heavy (non-hydrogen) atoms. The fraction of sp³-hybridized carbons (Fsp3) is 0.867. The van der Waals surface area contributed by atoms with Gasteiger partial charge in [0.25, 0.3) is 0 Å². The zero-order valence-electron chi connectivity index (χ0n) is 12.5. The van der Waals surface area contributed by atoms with Crippen LogP contribution in [0.15, 0.2) is 0 Å². The van der Waals surface area contributed by atoms with E-state index in [-0.39, 0.29) is 24.4 Å². The molecule has 0 aromatic rings. The molecule has 1 heterocycles. The Labute approximate surface area is 121 Å². The van der Waals surface area contributed by atoms with Crippen LogP contribution >= 0.6 is 0 Å². The maximum absolute atomic E-state index is 10.3. The number of carboxylic acids is 1. The van der Waals surface area contributed by atoms with E-state index in [0.29, 0.717) is 0 Å². The Hall–Kier alpha value is -0.650. The number of epoxide rings is 1. The van der Waals surface area contributed by atoms with E-state index < -0.39 is 5.97 Å². The fourth-order valence-electron chi connectivity index (χ4n) is 2.53. The summed E-state index contributed by atoms with van der Waals surface area (Å²) in [6.07, 6.45) is 7.96. The van der Waals surface area contributed by atoms with Gasteiger partial charge in [-0.1, -0.05) is 38.5 Å².